The molecule has 3 N–H and O–H groups in total. The second kappa shape index (κ2) is 9.05. The van der Waals surface area contributed by atoms with Crippen molar-refractivity contribution in [1.29, 1.82) is 0 Å². The molecule has 0 aliphatic rings. The van der Waals surface area contributed by atoms with Gasteiger partial charge in [-0.05, 0) is 25.1 Å². The smallest absolute Gasteiger partial charge is 0.282 e. The summed E-state index contributed by atoms with van der Waals surface area (Å²) in [5.74, 6) is -0.106. The first-order valence-corrected chi connectivity index (χ1v) is 9.50. The number of carbonyl (C=O) groups excluding carboxylic acids is 1. The summed E-state index contributed by atoms with van der Waals surface area (Å²) < 4.78 is 0. The van der Waals surface area contributed by atoms with Gasteiger partial charge in [0.15, 0.2) is 6.04 Å². The van der Waals surface area contributed by atoms with Gasteiger partial charge in [-0.3, -0.25) is 4.79 Å². The van der Waals surface area contributed by atoms with Crippen LogP contribution in [-0.4, -0.2) is 11.9 Å². The molecule has 3 nitrogen and oxygen atoms in total. The molecule has 0 fully saturated rings. The van der Waals surface area contributed by atoms with Gasteiger partial charge in [0, 0.05) is 26.9 Å². The molecule has 3 aromatic carbocycles. The van der Waals surface area contributed by atoms with Crippen LogP contribution in [0.1, 0.15) is 24.1 Å². The van der Waals surface area contributed by atoms with Crippen molar-refractivity contribution in [2.45, 2.75) is 19.0 Å². The second-order valence-electron chi connectivity index (χ2n) is 6.43. The molecule has 0 spiro atoms. The molecule has 0 aromatic heterocycles. The minimum atomic E-state index is -0.312. The van der Waals surface area contributed by atoms with Crippen LogP contribution in [0.4, 0.5) is 5.69 Å². The highest BCUT2D eigenvalue weighted by atomic mass is 35.5. The molecule has 5 heteroatoms. The van der Waals surface area contributed by atoms with Crippen molar-refractivity contribution in [3.63, 3.8) is 0 Å². The molecule has 0 radical (unpaired) electrons. The van der Waals surface area contributed by atoms with Crippen LogP contribution >= 0.6 is 23.2 Å². The van der Waals surface area contributed by atoms with E-state index in [1.807, 2.05) is 43.3 Å². The van der Waals surface area contributed by atoms with Crippen LogP contribution in [0.5, 0.6) is 0 Å². The first-order chi connectivity index (χ1) is 13.0. The van der Waals surface area contributed by atoms with Crippen LogP contribution in [0, 0.1) is 0 Å². The Labute approximate surface area is 169 Å². The summed E-state index contributed by atoms with van der Waals surface area (Å²) in [4.78, 5) is 12.7. The Morgan fingerprint density at radius 1 is 0.852 bits per heavy atom. The summed E-state index contributed by atoms with van der Waals surface area (Å²) in [5, 5.41) is 5.93. The molecule has 3 aromatic rings. The zero-order valence-electron chi connectivity index (χ0n) is 14.9. The van der Waals surface area contributed by atoms with Crippen molar-refractivity contribution < 1.29 is 10.1 Å². The lowest BCUT2D eigenvalue weighted by molar-refractivity contribution is -0.704. The van der Waals surface area contributed by atoms with Gasteiger partial charge in [-0.1, -0.05) is 83.9 Å². The highest BCUT2D eigenvalue weighted by Crippen LogP contribution is 2.22. The Morgan fingerprint density at radius 3 is 1.81 bits per heavy atom. The number of rotatable bonds is 6. The third-order valence-electron chi connectivity index (χ3n) is 4.34. The van der Waals surface area contributed by atoms with Gasteiger partial charge in [-0.15, -0.1) is 0 Å². The molecular weight excluding hydrogens is 379 g/mol. The van der Waals surface area contributed by atoms with Gasteiger partial charge < -0.3 is 10.6 Å². The Balaban J connectivity index is 1.78. The molecule has 27 heavy (non-hydrogen) atoms. The quantitative estimate of drug-likeness (QED) is 0.621. The lowest BCUT2D eigenvalue weighted by Gasteiger charge is -2.21. The van der Waals surface area contributed by atoms with Crippen molar-refractivity contribution in [3.05, 3.63) is 100 Å². The van der Waals surface area contributed by atoms with E-state index in [-0.39, 0.29) is 18.0 Å². The van der Waals surface area contributed by atoms with E-state index in [0.29, 0.717) is 15.7 Å². The Morgan fingerprint density at radius 2 is 1.33 bits per heavy atom. The van der Waals surface area contributed by atoms with Gasteiger partial charge >= 0.3 is 0 Å². The number of anilines is 1. The molecule has 1 atom stereocenters. The lowest BCUT2D eigenvalue weighted by atomic mass is 9.98. The first kappa shape index (κ1) is 19.4. The van der Waals surface area contributed by atoms with Gasteiger partial charge in [0.05, 0.1) is 0 Å². The number of amides is 1. The van der Waals surface area contributed by atoms with Crippen molar-refractivity contribution in [2.75, 3.05) is 5.32 Å². The molecule has 0 heterocycles. The van der Waals surface area contributed by atoms with Gasteiger partial charge in [0.25, 0.3) is 5.91 Å². The van der Waals surface area contributed by atoms with Crippen molar-refractivity contribution in [1.82, 2.24) is 0 Å². The van der Waals surface area contributed by atoms with E-state index in [1.165, 1.54) is 0 Å². The Hall–Kier alpha value is -2.33. The normalized spacial score (nSPS) is 12.0. The summed E-state index contributed by atoms with van der Waals surface area (Å²) in [5.41, 5.74) is 2.89. The molecule has 0 saturated carbocycles. The van der Waals surface area contributed by atoms with E-state index >= 15 is 0 Å². The molecule has 0 bridgehead atoms. The molecule has 3 rings (SSSR count). The van der Waals surface area contributed by atoms with Gasteiger partial charge in [-0.2, -0.15) is 0 Å². The van der Waals surface area contributed by atoms with E-state index in [1.54, 1.807) is 18.2 Å². The zero-order chi connectivity index (χ0) is 19.2. The molecule has 0 aliphatic heterocycles. The van der Waals surface area contributed by atoms with Crippen LogP contribution in [-0.2, 0) is 4.79 Å². The second-order valence-corrected chi connectivity index (χ2v) is 7.30. The number of carbonyl (C=O) groups is 1. The topological polar surface area (TPSA) is 45.7 Å². The average Bonchev–Trinajstić information content (AvgIpc) is 2.66. The van der Waals surface area contributed by atoms with Crippen LogP contribution in [0.25, 0.3) is 0 Å². The largest absolute Gasteiger partial charge is 0.326 e. The number of quaternary nitrogens is 1. The summed E-state index contributed by atoms with van der Waals surface area (Å²) >= 11 is 12.0. The van der Waals surface area contributed by atoms with Crippen LogP contribution in [0.3, 0.4) is 0 Å². The van der Waals surface area contributed by atoms with Crippen molar-refractivity contribution in [2.24, 2.45) is 0 Å². The minimum Gasteiger partial charge on any atom is -0.326 e. The van der Waals surface area contributed by atoms with Crippen LogP contribution < -0.4 is 10.6 Å². The monoisotopic (exact) mass is 399 g/mol. The summed E-state index contributed by atoms with van der Waals surface area (Å²) in [6.45, 7) is 1.89. The van der Waals surface area contributed by atoms with E-state index in [9.17, 15) is 4.79 Å². The fraction of sp³-hybridized carbons (Fsp3) is 0.136. The number of hydrogen-bond donors (Lipinski definition) is 2. The Kier molecular flexibility index (Phi) is 6.51. The maximum Gasteiger partial charge on any atom is 0.282 e. The Bertz CT molecular complexity index is 841. The average molecular weight is 400 g/mol. The highest BCUT2D eigenvalue weighted by molar-refractivity contribution is 6.35. The van der Waals surface area contributed by atoms with Crippen molar-refractivity contribution in [3.8, 4) is 0 Å². The lowest BCUT2D eigenvalue weighted by Crippen LogP contribution is -2.92. The van der Waals surface area contributed by atoms with Crippen LogP contribution in [0.15, 0.2) is 78.9 Å². The van der Waals surface area contributed by atoms with Crippen LogP contribution in [0.2, 0.25) is 10.0 Å². The molecule has 0 unspecified atom stereocenters. The number of halogens is 2. The summed E-state index contributed by atoms with van der Waals surface area (Å²) in [6.07, 6.45) is 0. The maximum atomic E-state index is 12.7. The van der Waals surface area contributed by atoms with E-state index in [4.69, 9.17) is 23.2 Å². The van der Waals surface area contributed by atoms with Gasteiger partial charge in [0.2, 0.25) is 0 Å². The zero-order valence-corrected chi connectivity index (χ0v) is 16.4. The predicted molar refractivity (Wildman–Crippen MR) is 111 cm³/mol. The first-order valence-electron chi connectivity index (χ1n) is 8.75. The van der Waals surface area contributed by atoms with E-state index in [0.717, 1.165) is 11.1 Å². The minimum absolute atomic E-state index is 0.0242. The van der Waals surface area contributed by atoms with Crippen molar-refractivity contribution >= 4 is 34.8 Å². The highest BCUT2D eigenvalue weighted by Gasteiger charge is 2.24. The fourth-order valence-electron chi connectivity index (χ4n) is 2.99. The van der Waals surface area contributed by atoms with E-state index in [2.05, 4.69) is 34.9 Å². The third-order valence-corrected chi connectivity index (χ3v) is 4.78. The standard InChI is InChI=1S/C22H20Cl2N2O/c1-15(22(27)26-20-13-18(23)12-19(24)14-20)25-21(16-8-4-2-5-9-16)17-10-6-3-7-11-17/h2-15,21,25H,1H3,(H,26,27)/p+1/t15-/m0/s1. The number of benzene rings is 3. The molecule has 138 valence electrons. The maximum absolute atomic E-state index is 12.7. The molecule has 0 aliphatic carbocycles. The predicted octanol–water partition coefficient (Wildman–Crippen LogP) is 4.67. The number of hydrogen-bond acceptors (Lipinski definition) is 1. The summed E-state index contributed by atoms with van der Waals surface area (Å²) in [6, 6.07) is 25.1. The number of nitrogens with two attached hydrogens (primary N) is 1. The fourth-order valence-corrected chi connectivity index (χ4v) is 3.52. The number of nitrogens with one attached hydrogen (secondary N) is 1. The summed E-state index contributed by atoms with van der Waals surface area (Å²) in [7, 11) is 0. The van der Waals surface area contributed by atoms with Gasteiger partial charge in [0.1, 0.15) is 6.04 Å². The van der Waals surface area contributed by atoms with E-state index < -0.39 is 0 Å². The van der Waals surface area contributed by atoms with Gasteiger partial charge in [-0.25, -0.2) is 0 Å². The molecule has 0 saturated heterocycles. The SMILES string of the molecule is C[C@H]([NH2+]C(c1ccccc1)c1ccccc1)C(=O)Nc1cc(Cl)cc(Cl)c1. The third kappa shape index (κ3) is 5.33. The molecule has 1 amide bonds. The molecular formula is C22H21Cl2N2O+.